The summed E-state index contributed by atoms with van der Waals surface area (Å²) in [7, 11) is 0. The Morgan fingerprint density at radius 3 is 2.29 bits per heavy atom. The minimum atomic E-state index is -1.00. The molecular formula is C14H25NO6. The first-order valence-electron chi connectivity index (χ1n) is 7.16. The highest BCUT2D eigenvalue weighted by atomic mass is 16.6. The molecule has 0 unspecified atom stereocenters. The van der Waals surface area contributed by atoms with Crippen molar-refractivity contribution < 1.29 is 29.3 Å². The zero-order valence-corrected chi connectivity index (χ0v) is 13.0. The van der Waals surface area contributed by atoms with Crippen LogP contribution in [0.5, 0.6) is 0 Å². The van der Waals surface area contributed by atoms with Crippen LogP contribution in [0.2, 0.25) is 0 Å². The molecule has 7 nitrogen and oxygen atoms in total. The van der Waals surface area contributed by atoms with Crippen molar-refractivity contribution in [3.8, 4) is 0 Å². The van der Waals surface area contributed by atoms with Gasteiger partial charge in [0.15, 0.2) is 0 Å². The molecule has 1 aliphatic carbocycles. The van der Waals surface area contributed by atoms with Crippen molar-refractivity contribution in [2.24, 2.45) is 5.92 Å². The van der Waals surface area contributed by atoms with E-state index in [-0.39, 0.29) is 19.4 Å². The molecule has 1 amide bonds. The van der Waals surface area contributed by atoms with E-state index < -0.39 is 41.8 Å². The highest BCUT2D eigenvalue weighted by Gasteiger charge is 2.41. The van der Waals surface area contributed by atoms with Crippen molar-refractivity contribution >= 4 is 12.1 Å². The van der Waals surface area contributed by atoms with Gasteiger partial charge in [-0.3, -0.25) is 4.79 Å². The van der Waals surface area contributed by atoms with E-state index in [1.54, 1.807) is 27.7 Å². The Labute approximate surface area is 124 Å². The Balaban J connectivity index is 2.74. The van der Waals surface area contributed by atoms with E-state index in [1.165, 1.54) is 0 Å². The van der Waals surface area contributed by atoms with Gasteiger partial charge in [-0.05, 0) is 40.5 Å². The van der Waals surface area contributed by atoms with Gasteiger partial charge in [0, 0.05) is 6.04 Å². The van der Waals surface area contributed by atoms with Crippen molar-refractivity contribution in [2.75, 3.05) is 6.61 Å². The summed E-state index contributed by atoms with van der Waals surface area (Å²) in [5.41, 5.74) is -0.656. The summed E-state index contributed by atoms with van der Waals surface area (Å²) in [6, 6.07) is -0.628. The average molecular weight is 303 g/mol. The number of hydrogen-bond donors (Lipinski definition) is 3. The topological polar surface area (TPSA) is 105 Å². The van der Waals surface area contributed by atoms with E-state index in [1.807, 2.05) is 0 Å². The summed E-state index contributed by atoms with van der Waals surface area (Å²) in [5, 5.41) is 22.0. The molecule has 1 aliphatic rings. The van der Waals surface area contributed by atoms with Gasteiger partial charge in [0.25, 0.3) is 0 Å². The maximum atomic E-state index is 11.9. The number of aliphatic hydroxyl groups excluding tert-OH is 2. The summed E-state index contributed by atoms with van der Waals surface area (Å²) in [5.74, 6) is -1.19. The lowest BCUT2D eigenvalue weighted by Gasteiger charge is -2.36. The SMILES string of the molecule is CCOC(=O)[C@@H]1C[C@@H](O)[C@@H](O)C[C@@H]1NC(=O)OC(C)(C)C. The summed E-state index contributed by atoms with van der Waals surface area (Å²) < 4.78 is 10.1. The zero-order chi connectivity index (χ0) is 16.2. The fourth-order valence-corrected chi connectivity index (χ4v) is 2.29. The molecule has 7 heteroatoms. The normalized spacial score (nSPS) is 29.6. The second kappa shape index (κ2) is 7.09. The third-order valence-corrected chi connectivity index (χ3v) is 3.21. The average Bonchev–Trinajstić information content (AvgIpc) is 2.31. The van der Waals surface area contributed by atoms with Gasteiger partial charge in [0.1, 0.15) is 5.60 Å². The molecule has 0 bridgehead atoms. The molecule has 0 aromatic rings. The van der Waals surface area contributed by atoms with E-state index in [0.29, 0.717) is 0 Å². The van der Waals surface area contributed by atoms with Crippen molar-refractivity contribution in [3.05, 3.63) is 0 Å². The van der Waals surface area contributed by atoms with E-state index in [9.17, 15) is 19.8 Å². The predicted octanol–water partition coefficient (Wildman–Crippen LogP) is 0.575. The fourth-order valence-electron chi connectivity index (χ4n) is 2.29. The van der Waals surface area contributed by atoms with Gasteiger partial charge < -0.3 is 25.0 Å². The minimum Gasteiger partial charge on any atom is -0.466 e. The molecule has 4 atom stereocenters. The first-order valence-corrected chi connectivity index (χ1v) is 7.16. The van der Waals surface area contributed by atoms with E-state index >= 15 is 0 Å². The van der Waals surface area contributed by atoms with Crippen molar-refractivity contribution in [2.45, 2.75) is 64.4 Å². The molecule has 1 rings (SSSR count). The highest BCUT2D eigenvalue weighted by molar-refractivity contribution is 5.75. The minimum absolute atomic E-state index is 0.0421. The van der Waals surface area contributed by atoms with Crippen LogP contribution in [0, 0.1) is 5.92 Å². The monoisotopic (exact) mass is 303 g/mol. The number of hydrogen-bond acceptors (Lipinski definition) is 6. The molecule has 0 heterocycles. The third kappa shape index (κ3) is 5.51. The molecule has 0 saturated heterocycles. The Morgan fingerprint density at radius 1 is 1.19 bits per heavy atom. The smallest absolute Gasteiger partial charge is 0.407 e. The third-order valence-electron chi connectivity index (χ3n) is 3.21. The van der Waals surface area contributed by atoms with E-state index in [2.05, 4.69) is 5.32 Å². The van der Waals surface area contributed by atoms with Crippen LogP contribution in [0.1, 0.15) is 40.5 Å². The molecule has 0 radical (unpaired) electrons. The van der Waals surface area contributed by atoms with Gasteiger partial charge in [-0.15, -0.1) is 0 Å². The van der Waals surface area contributed by atoms with Crippen LogP contribution in [-0.2, 0) is 14.3 Å². The quantitative estimate of drug-likeness (QED) is 0.659. The second-order valence-electron chi connectivity index (χ2n) is 6.22. The van der Waals surface area contributed by atoms with Crippen LogP contribution in [0.3, 0.4) is 0 Å². The summed E-state index contributed by atoms with van der Waals surface area (Å²) >= 11 is 0. The lowest BCUT2D eigenvalue weighted by atomic mass is 9.81. The first kappa shape index (κ1) is 17.7. The van der Waals surface area contributed by atoms with Gasteiger partial charge in [0.05, 0.1) is 24.7 Å². The van der Waals surface area contributed by atoms with Gasteiger partial charge >= 0.3 is 12.1 Å². The molecule has 3 N–H and O–H groups in total. The molecule has 0 aliphatic heterocycles. The van der Waals surface area contributed by atoms with Crippen molar-refractivity contribution in [3.63, 3.8) is 0 Å². The summed E-state index contributed by atoms with van der Waals surface area (Å²) in [4.78, 5) is 23.7. The number of esters is 1. The zero-order valence-electron chi connectivity index (χ0n) is 13.0. The molecule has 0 aromatic heterocycles. The van der Waals surface area contributed by atoms with Gasteiger partial charge in [-0.2, -0.15) is 0 Å². The van der Waals surface area contributed by atoms with Crippen molar-refractivity contribution in [1.29, 1.82) is 0 Å². The van der Waals surface area contributed by atoms with Crippen LogP contribution in [0.15, 0.2) is 0 Å². The fraction of sp³-hybridized carbons (Fsp3) is 0.857. The molecule has 1 fully saturated rings. The van der Waals surface area contributed by atoms with Crippen molar-refractivity contribution in [1.82, 2.24) is 5.32 Å². The Morgan fingerprint density at radius 2 is 1.76 bits per heavy atom. The number of alkyl carbamates (subject to hydrolysis) is 1. The summed E-state index contributed by atoms with van der Waals surface area (Å²) in [6.45, 7) is 7.09. The van der Waals surface area contributed by atoms with Crippen LogP contribution < -0.4 is 5.32 Å². The molecule has 0 aromatic carbocycles. The Bertz CT molecular complexity index is 378. The summed E-state index contributed by atoms with van der Waals surface area (Å²) in [6.07, 6.45) is -2.54. The molecular weight excluding hydrogens is 278 g/mol. The first-order chi connectivity index (χ1) is 9.64. The number of aliphatic hydroxyl groups is 2. The molecule has 0 spiro atoms. The maximum Gasteiger partial charge on any atom is 0.407 e. The Kier molecular flexibility index (Phi) is 5.98. The highest BCUT2D eigenvalue weighted by Crippen LogP contribution is 2.27. The number of carbonyl (C=O) groups is 2. The number of carbonyl (C=O) groups excluding carboxylic acids is 2. The van der Waals surface area contributed by atoms with Crippen LogP contribution >= 0.6 is 0 Å². The molecule has 1 saturated carbocycles. The van der Waals surface area contributed by atoms with E-state index in [0.717, 1.165) is 0 Å². The number of nitrogens with one attached hydrogen (secondary N) is 1. The van der Waals surface area contributed by atoms with Crippen LogP contribution in [-0.4, -0.2) is 52.7 Å². The van der Waals surface area contributed by atoms with Crippen LogP contribution in [0.25, 0.3) is 0 Å². The maximum absolute atomic E-state index is 11.9. The van der Waals surface area contributed by atoms with E-state index in [4.69, 9.17) is 9.47 Å². The molecule has 21 heavy (non-hydrogen) atoms. The van der Waals surface area contributed by atoms with Gasteiger partial charge in [-0.25, -0.2) is 4.79 Å². The predicted molar refractivity (Wildman–Crippen MR) is 74.5 cm³/mol. The van der Waals surface area contributed by atoms with Gasteiger partial charge in [0.2, 0.25) is 0 Å². The number of rotatable bonds is 3. The number of ether oxygens (including phenoxy) is 2. The molecule has 122 valence electrons. The lowest BCUT2D eigenvalue weighted by Crippen LogP contribution is -2.53. The standard InChI is InChI=1S/C14H25NO6/c1-5-20-12(18)8-6-10(16)11(17)7-9(8)15-13(19)21-14(2,3)4/h8-11,16-17H,5-7H2,1-4H3,(H,15,19)/t8-,9+,10-,11+/m1/s1. The lowest BCUT2D eigenvalue weighted by molar-refractivity contribution is -0.154. The Hall–Kier alpha value is -1.34. The van der Waals surface area contributed by atoms with Gasteiger partial charge in [-0.1, -0.05) is 0 Å². The van der Waals surface area contributed by atoms with Crippen LogP contribution in [0.4, 0.5) is 4.79 Å². The second-order valence-corrected chi connectivity index (χ2v) is 6.22. The largest absolute Gasteiger partial charge is 0.466 e. The number of amides is 1.